The fraction of sp³-hybridized carbons (Fsp3) is 0.250. The number of nitrogens with zero attached hydrogens (tertiary/aromatic N) is 1. The van der Waals surface area contributed by atoms with Crippen molar-refractivity contribution in [2.24, 2.45) is 0 Å². The molecule has 0 aliphatic carbocycles. The van der Waals surface area contributed by atoms with Gasteiger partial charge in [0.25, 0.3) is 5.69 Å². The van der Waals surface area contributed by atoms with Gasteiger partial charge in [-0.15, -0.1) is 0 Å². The van der Waals surface area contributed by atoms with Crippen molar-refractivity contribution >= 4 is 19.0 Å². The van der Waals surface area contributed by atoms with Crippen molar-refractivity contribution in [3.05, 3.63) is 69.8 Å². The Hall–Kier alpha value is -2.42. The van der Waals surface area contributed by atoms with Gasteiger partial charge in [0.2, 0.25) is 0 Å². The van der Waals surface area contributed by atoms with Gasteiger partial charge >= 0.3 is 13.8 Å². The molecule has 0 heterocycles. The number of rotatable bonds is 7. The summed E-state index contributed by atoms with van der Waals surface area (Å²) in [7, 11) is -1.56. The summed E-state index contributed by atoms with van der Waals surface area (Å²) >= 11 is 0. The van der Waals surface area contributed by atoms with Crippen LogP contribution in [-0.4, -0.2) is 19.1 Å². The first-order valence-electron chi connectivity index (χ1n) is 7.50. The molecule has 2 aromatic rings. The Morgan fingerprint density at radius 2 is 1.70 bits per heavy atom. The molecule has 146 valence electrons. The van der Waals surface area contributed by atoms with Crippen LogP contribution in [0.5, 0.6) is 0 Å². The Morgan fingerprint density at radius 1 is 1.11 bits per heavy atom. The van der Waals surface area contributed by atoms with Crippen molar-refractivity contribution in [3.63, 3.8) is 0 Å². The molecule has 0 aliphatic rings. The van der Waals surface area contributed by atoms with Crippen LogP contribution in [0, 0.1) is 10.1 Å². The summed E-state index contributed by atoms with van der Waals surface area (Å²) < 4.78 is 61.6. The number of benzene rings is 2. The predicted molar refractivity (Wildman–Crippen MR) is 92.5 cm³/mol. The minimum absolute atomic E-state index is 0.0301. The molecule has 1 N–H and O–H groups in total. The number of anilines is 1. The van der Waals surface area contributed by atoms with Gasteiger partial charge in [0, 0.05) is 32.0 Å². The molecule has 0 spiro atoms. The van der Waals surface area contributed by atoms with E-state index in [2.05, 4.69) is 5.32 Å². The lowest BCUT2D eigenvalue weighted by molar-refractivity contribution is -0.384. The van der Waals surface area contributed by atoms with Crippen LogP contribution >= 0.6 is 7.60 Å². The summed E-state index contributed by atoms with van der Waals surface area (Å²) in [6.45, 7) is 0. The van der Waals surface area contributed by atoms with Gasteiger partial charge in [0.1, 0.15) is 0 Å². The molecule has 1 atom stereocenters. The zero-order valence-corrected chi connectivity index (χ0v) is 15.2. The van der Waals surface area contributed by atoms with Crippen molar-refractivity contribution in [1.82, 2.24) is 0 Å². The second-order valence-electron chi connectivity index (χ2n) is 5.38. The summed E-state index contributed by atoms with van der Waals surface area (Å²) in [6.07, 6.45) is -4.55. The maximum absolute atomic E-state index is 12.9. The molecule has 0 saturated carbocycles. The zero-order chi connectivity index (χ0) is 20.2. The molecule has 1 unspecified atom stereocenters. The van der Waals surface area contributed by atoms with Crippen LogP contribution in [0.25, 0.3) is 0 Å². The highest BCUT2D eigenvalue weighted by Crippen LogP contribution is 2.59. The van der Waals surface area contributed by atoms with E-state index in [0.717, 1.165) is 26.4 Å². The highest BCUT2D eigenvalue weighted by Gasteiger charge is 2.36. The van der Waals surface area contributed by atoms with Crippen LogP contribution < -0.4 is 5.32 Å². The van der Waals surface area contributed by atoms with E-state index in [1.807, 2.05) is 0 Å². The third-order valence-corrected chi connectivity index (χ3v) is 5.82. The standard InChI is InChI=1S/C16H16F3N2O5P/c1-25-27(24,26-2)15(11-6-8-14(9-7-11)21(22)23)20-13-5-3-4-12(10-13)16(17,18)19/h3-10,15,20H,1-2H3. The average molecular weight is 404 g/mol. The van der Waals surface area contributed by atoms with E-state index in [-0.39, 0.29) is 16.9 Å². The van der Waals surface area contributed by atoms with Crippen molar-refractivity contribution in [2.75, 3.05) is 19.5 Å². The normalized spacial score (nSPS) is 13.2. The number of nitrogens with one attached hydrogen (secondary N) is 1. The molecule has 2 rings (SSSR count). The summed E-state index contributed by atoms with van der Waals surface area (Å²) in [4.78, 5) is 10.2. The summed E-state index contributed by atoms with van der Waals surface area (Å²) in [5.41, 5.74) is -0.770. The second-order valence-corrected chi connectivity index (χ2v) is 7.71. The number of halogens is 3. The lowest BCUT2D eigenvalue weighted by atomic mass is 10.1. The monoisotopic (exact) mass is 404 g/mol. The van der Waals surface area contributed by atoms with E-state index in [1.54, 1.807) is 0 Å². The fourth-order valence-corrected chi connectivity index (χ4v) is 3.77. The van der Waals surface area contributed by atoms with Crippen LogP contribution in [0.15, 0.2) is 48.5 Å². The molecule has 2 aromatic carbocycles. The van der Waals surface area contributed by atoms with Gasteiger partial charge in [-0.05, 0) is 35.9 Å². The first kappa shape index (κ1) is 20.9. The molecule has 0 amide bonds. The molecule has 0 radical (unpaired) electrons. The fourth-order valence-electron chi connectivity index (χ4n) is 2.35. The van der Waals surface area contributed by atoms with Crippen molar-refractivity contribution in [2.45, 2.75) is 12.0 Å². The van der Waals surface area contributed by atoms with E-state index >= 15 is 0 Å². The van der Waals surface area contributed by atoms with Gasteiger partial charge in [-0.2, -0.15) is 13.2 Å². The Kier molecular flexibility index (Phi) is 6.25. The van der Waals surface area contributed by atoms with Gasteiger partial charge in [0.15, 0.2) is 5.78 Å². The quantitative estimate of drug-likeness (QED) is 0.387. The highest BCUT2D eigenvalue weighted by atomic mass is 31.2. The topological polar surface area (TPSA) is 90.7 Å². The Labute approximate surface area is 152 Å². The van der Waals surface area contributed by atoms with Crippen LogP contribution in [0.4, 0.5) is 24.5 Å². The molecular weight excluding hydrogens is 388 g/mol. The second kappa shape index (κ2) is 8.08. The summed E-state index contributed by atoms with van der Waals surface area (Å²) in [5, 5.41) is 13.5. The SMILES string of the molecule is COP(=O)(OC)C(Nc1cccc(C(F)(F)F)c1)c1ccc([N+](=O)[O-])cc1. The largest absolute Gasteiger partial charge is 0.416 e. The first-order valence-corrected chi connectivity index (χ1v) is 9.11. The number of nitro groups is 1. The van der Waals surface area contributed by atoms with Gasteiger partial charge < -0.3 is 14.4 Å². The predicted octanol–water partition coefficient (Wildman–Crippen LogP) is 5.21. The minimum atomic E-state index is -4.55. The number of alkyl halides is 3. The van der Waals surface area contributed by atoms with Gasteiger partial charge in [-0.3, -0.25) is 14.7 Å². The van der Waals surface area contributed by atoms with E-state index in [4.69, 9.17) is 9.05 Å². The molecule has 0 saturated heterocycles. The number of hydrogen-bond donors (Lipinski definition) is 1. The Bertz CT molecular complexity index is 850. The van der Waals surface area contributed by atoms with E-state index in [0.29, 0.717) is 0 Å². The highest BCUT2D eigenvalue weighted by molar-refractivity contribution is 7.54. The molecule has 0 bridgehead atoms. The van der Waals surface area contributed by atoms with Crippen molar-refractivity contribution < 1.29 is 31.7 Å². The van der Waals surface area contributed by atoms with Crippen LogP contribution in [0.3, 0.4) is 0 Å². The molecule has 27 heavy (non-hydrogen) atoms. The third kappa shape index (κ3) is 4.85. The number of hydrogen-bond acceptors (Lipinski definition) is 6. The third-order valence-electron chi connectivity index (χ3n) is 3.74. The van der Waals surface area contributed by atoms with Crippen molar-refractivity contribution in [1.29, 1.82) is 0 Å². The molecule has 0 fully saturated rings. The number of nitro benzene ring substituents is 1. The lowest BCUT2D eigenvalue weighted by Gasteiger charge is -2.26. The van der Waals surface area contributed by atoms with Crippen LogP contribution in [0.1, 0.15) is 16.9 Å². The minimum Gasteiger partial charge on any atom is -0.368 e. The maximum atomic E-state index is 12.9. The summed E-state index contributed by atoms with van der Waals surface area (Å²) in [5.74, 6) is -1.18. The van der Waals surface area contributed by atoms with Crippen LogP contribution in [0.2, 0.25) is 0 Å². The van der Waals surface area contributed by atoms with Gasteiger partial charge in [0.05, 0.1) is 10.5 Å². The van der Waals surface area contributed by atoms with Crippen LogP contribution in [-0.2, 0) is 19.8 Å². The lowest BCUT2D eigenvalue weighted by Crippen LogP contribution is -2.14. The molecule has 11 heteroatoms. The van der Waals surface area contributed by atoms with Crippen molar-refractivity contribution in [3.8, 4) is 0 Å². The van der Waals surface area contributed by atoms with Gasteiger partial charge in [-0.25, -0.2) is 0 Å². The molecule has 0 aliphatic heterocycles. The van der Waals surface area contributed by atoms with E-state index < -0.39 is 30.0 Å². The van der Waals surface area contributed by atoms with Gasteiger partial charge in [-0.1, -0.05) is 6.07 Å². The smallest absolute Gasteiger partial charge is 0.368 e. The maximum Gasteiger partial charge on any atom is 0.416 e. The molecular formula is C16H16F3N2O5P. The van der Waals surface area contributed by atoms with E-state index in [1.165, 1.54) is 36.4 Å². The molecule has 0 aromatic heterocycles. The number of non-ortho nitro benzene ring substituents is 1. The zero-order valence-electron chi connectivity index (χ0n) is 14.3. The molecule has 7 nitrogen and oxygen atoms in total. The van der Waals surface area contributed by atoms with E-state index in [9.17, 15) is 27.9 Å². The summed E-state index contributed by atoms with van der Waals surface area (Å²) in [6, 6.07) is 9.35. The average Bonchev–Trinajstić information content (AvgIpc) is 2.65. The Balaban J connectivity index is 2.45. The Morgan fingerprint density at radius 3 is 2.19 bits per heavy atom. The first-order chi connectivity index (χ1) is 12.6.